The maximum absolute atomic E-state index is 11.9. The summed E-state index contributed by atoms with van der Waals surface area (Å²) >= 11 is 0. The number of hydrogen-bond donors (Lipinski definition) is 2. The van der Waals surface area contributed by atoms with Crippen LogP contribution in [0.4, 0.5) is 4.79 Å². The predicted molar refractivity (Wildman–Crippen MR) is 103 cm³/mol. The van der Waals surface area contributed by atoms with Crippen molar-refractivity contribution in [3.63, 3.8) is 0 Å². The maximum Gasteiger partial charge on any atom is 0.409 e. The van der Waals surface area contributed by atoms with Crippen LogP contribution in [0.25, 0.3) is 0 Å². The van der Waals surface area contributed by atoms with Crippen molar-refractivity contribution in [1.82, 2.24) is 9.80 Å². The number of hydrogen-bond acceptors (Lipinski definition) is 5. The van der Waals surface area contributed by atoms with Crippen LogP contribution in [0.2, 0.25) is 0 Å². The first kappa shape index (κ1) is 20.1. The Labute approximate surface area is 161 Å². The number of carbonyl (C=O) groups is 1. The molecule has 6 nitrogen and oxygen atoms in total. The average molecular weight is 376 g/mol. The third-order valence-electron chi connectivity index (χ3n) is 6.14. The van der Waals surface area contributed by atoms with E-state index in [0.29, 0.717) is 45.1 Å². The van der Waals surface area contributed by atoms with Gasteiger partial charge in [-0.2, -0.15) is 0 Å². The van der Waals surface area contributed by atoms with Gasteiger partial charge in [-0.3, -0.25) is 4.90 Å². The lowest BCUT2D eigenvalue weighted by Crippen LogP contribution is -2.58. The summed E-state index contributed by atoms with van der Waals surface area (Å²) in [7, 11) is 0. The van der Waals surface area contributed by atoms with Gasteiger partial charge in [0.05, 0.1) is 19.3 Å². The first-order valence-corrected chi connectivity index (χ1v) is 10.1. The summed E-state index contributed by atoms with van der Waals surface area (Å²) in [6.07, 6.45) is 2.43. The molecule has 2 N–H and O–H groups in total. The standard InChI is InChI=1S/C21H32N2O4/c1-2-27-20(26)22-11-8-18(9-12-22)23-13-10-19(25)21(15-23,16-24)14-17-6-4-3-5-7-17/h3-7,18-19,24-25H,2,8-16H2,1H3/t19-,21+/m0/s1. The Morgan fingerprint density at radius 1 is 1.19 bits per heavy atom. The monoisotopic (exact) mass is 376 g/mol. The Hall–Kier alpha value is -1.63. The highest BCUT2D eigenvalue weighted by molar-refractivity contribution is 5.67. The topological polar surface area (TPSA) is 73.2 Å². The molecule has 2 aliphatic rings. The summed E-state index contributed by atoms with van der Waals surface area (Å²) in [4.78, 5) is 16.1. The van der Waals surface area contributed by atoms with Crippen LogP contribution in [0, 0.1) is 5.41 Å². The SMILES string of the molecule is CCOC(=O)N1CCC(N2CC[C@H](O)[C@](CO)(Cc3ccccc3)C2)CC1. The zero-order valence-corrected chi connectivity index (χ0v) is 16.2. The van der Waals surface area contributed by atoms with Gasteiger partial charge in [0.2, 0.25) is 0 Å². The quantitative estimate of drug-likeness (QED) is 0.821. The van der Waals surface area contributed by atoms with Gasteiger partial charge in [-0.05, 0) is 38.2 Å². The maximum atomic E-state index is 11.9. The van der Waals surface area contributed by atoms with E-state index in [2.05, 4.69) is 17.0 Å². The van der Waals surface area contributed by atoms with Crippen molar-refractivity contribution in [3.8, 4) is 0 Å². The Balaban J connectivity index is 1.63. The zero-order valence-electron chi connectivity index (χ0n) is 16.2. The lowest BCUT2D eigenvalue weighted by atomic mass is 9.73. The molecule has 27 heavy (non-hydrogen) atoms. The molecular formula is C21H32N2O4. The summed E-state index contributed by atoms with van der Waals surface area (Å²) in [5, 5.41) is 20.9. The number of piperidine rings is 2. The number of nitrogens with zero attached hydrogens (tertiary/aromatic N) is 2. The average Bonchev–Trinajstić information content (AvgIpc) is 2.71. The number of amides is 1. The number of aliphatic hydroxyl groups is 2. The molecule has 6 heteroatoms. The molecule has 0 aliphatic carbocycles. The van der Waals surface area contributed by atoms with E-state index in [1.54, 1.807) is 4.90 Å². The molecule has 1 aromatic carbocycles. The third kappa shape index (κ3) is 4.62. The van der Waals surface area contributed by atoms with Crippen LogP contribution >= 0.6 is 0 Å². The van der Waals surface area contributed by atoms with Crippen molar-refractivity contribution in [2.45, 2.75) is 44.8 Å². The van der Waals surface area contributed by atoms with Gasteiger partial charge in [-0.25, -0.2) is 4.79 Å². The Bertz CT molecular complexity index is 603. The van der Waals surface area contributed by atoms with Crippen LogP contribution in [-0.4, -0.2) is 77.6 Å². The van der Waals surface area contributed by atoms with Gasteiger partial charge in [-0.15, -0.1) is 0 Å². The summed E-state index contributed by atoms with van der Waals surface area (Å²) < 4.78 is 5.10. The van der Waals surface area contributed by atoms with Crippen molar-refractivity contribution in [2.75, 3.05) is 39.4 Å². The molecular weight excluding hydrogens is 344 g/mol. The molecule has 0 aromatic heterocycles. The largest absolute Gasteiger partial charge is 0.450 e. The Morgan fingerprint density at radius 3 is 2.52 bits per heavy atom. The molecule has 0 radical (unpaired) electrons. The molecule has 0 spiro atoms. The van der Waals surface area contributed by atoms with Crippen molar-refractivity contribution < 1.29 is 19.7 Å². The molecule has 0 unspecified atom stereocenters. The van der Waals surface area contributed by atoms with Gasteiger partial charge in [-0.1, -0.05) is 30.3 Å². The molecule has 1 amide bonds. The molecule has 0 saturated carbocycles. The van der Waals surface area contributed by atoms with E-state index < -0.39 is 11.5 Å². The van der Waals surface area contributed by atoms with E-state index in [0.717, 1.165) is 24.9 Å². The fraction of sp³-hybridized carbons (Fsp3) is 0.667. The van der Waals surface area contributed by atoms with Crippen LogP contribution < -0.4 is 0 Å². The highest BCUT2D eigenvalue weighted by atomic mass is 16.6. The van der Waals surface area contributed by atoms with Gasteiger partial charge in [0.25, 0.3) is 0 Å². The minimum atomic E-state index is -0.530. The van der Waals surface area contributed by atoms with Gasteiger partial charge < -0.3 is 19.8 Å². The van der Waals surface area contributed by atoms with E-state index in [1.165, 1.54) is 0 Å². The van der Waals surface area contributed by atoms with Crippen molar-refractivity contribution in [3.05, 3.63) is 35.9 Å². The normalized spacial score (nSPS) is 27.5. The molecule has 150 valence electrons. The summed E-state index contributed by atoms with van der Waals surface area (Å²) in [5.74, 6) is 0. The second kappa shape index (κ2) is 9.04. The first-order valence-electron chi connectivity index (χ1n) is 10.1. The molecule has 2 aliphatic heterocycles. The van der Waals surface area contributed by atoms with Gasteiger partial charge in [0.15, 0.2) is 0 Å². The summed E-state index contributed by atoms with van der Waals surface area (Å²) in [6.45, 7) is 5.12. The second-order valence-electron chi connectivity index (χ2n) is 7.87. The third-order valence-corrected chi connectivity index (χ3v) is 6.14. The molecule has 3 rings (SSSR count). The number of aliphatic hydroxyl groups excluding tert-OH is 2. The number of ether oxygens (including phenoxy) is 1. The molecule has 0 bridgehead atoms. The number of likely N-dealkylation sites (tertiary alicyclic amines) is 2. The highest BCUT2D eigenvalue weighted by Gasteiger charge is 2.44. The minimum absolute atomic E-state index is 0.0266. The van der Waals surface area contributed by atoms with Crippen LogP contribution in [0.1, 0.15) is 31.7 Å². The molecule has 2 fully saturated rings. The molecule has 2 atom stereocenters. The van der Waals surface area contributed by atoms with Crippen LogP contribution in [0.3, 0.4) is 0 Å². The first-order chi connectivity index (χ1) is 13.1. The number of carbonyl (C=O) groups excluding carboxylic acids is 1. The van der Waals surface area contributed by atoms with Crippen LogP contribution in [0.15, 0.2) is 30.3 Å². The fourth-order valence-electron chi connectivity index (χ4n) is 4.51. The number of rotatable bonds is 5. The van der Waals surface area contributed by atoms with E-state index in [4.69, 9.17) is 4.74 Å². The Kier molecular flexibility index (Phi) is 6.73. The van der Waals surface area contributed by atoms with Crippen LogP contribution in [0.5, 0.6) is 0 Å². The second-order valence-corrected chi connectivity index (χ2v) is 7.87. The summed E-state index contributed by atoms with van der Waals surface area (Å²) in [5.41, 5.74) is 0.613. The minimum Gasteiger partial charge on any atom is -0.450 e. The van der Waals surface area contributed by atoms with Gasteiger partial charge >= 0.3 is 6.09 Å². The molecule has 2 heterocycles. The summed E-state index contributed by atoms with van der Waals surface area (Å²) in [6, 6.07) is 10.5. The smallest absolute Gasteiger partial charge is 0.409 e. The number of benzene rings is 1. The van der Waals surface area contributed by atoms with Crippen LogP contribution in [-0.2, 0) is 11.2 Å². The highest BCUT2D eigenvalue weighted by Crippen LogP contribution is 2.36. The fourth-order valence-corrected chi connectivity index (χ4v) is 4.51. The molecule has 1 aromatic rings. The Morgan fingerprint density at radius 2 is 1.89 bits per heavy atom. The van der Waals surface area contributed by atoms with Gasteiger partial charge in [0.1, 0.15) is 0 Å². The van der Waals surface area contributed by atoms with E-state index in [1.807, 2.05) is 25.1 Å². The molecule has 2 saturated heterocycles. The van der Waals surface area contributed by atoms with E-state index >= 15 is 0 Å². The van der Waals surface area contributed by atoms with E-state index in [-0.39, 0.29) is 12.7 Å². The predicted octanol–water partition coefficient (Wildman–Crippen LogP) is 1.90. The lowest BCUT2D eigenvalue weighted by Gasteiger charge is -2.49. The van der Waals surface area contributed by atoms with E-state index in [9.17, 15) is 15.0 Å². The van der Waals surface area contributed by atoms with Crippen molar-refractivity contribution in [1.29, 1.82) is 0 Å². The van der Waals surface area contributed by atoms with Crippen molar-refractivity contribution in [2.24, 2.45) is 5.41 Å². The van der Waals surface area contributed by atoms with Crippen molar-refractivity contribution >= 4 is 6.09 Å². The lowest BCUT2D eigenvalue weighted by molar-refractivity contribution is -0.0889. The van der Waals surface area contributed by atoms with Gasteiger partial charge in [0, 0.05) is 37.6 Å². The zero-order chi connectivity index (χ0) is 19.3.